The normalized spacial score (nSPS) is 13.0. The van der Waals surface area contributed by atoms with Gasteiger partial charge in [-0.25, -0.2) is 4.39 Å². The lowest BCUT2D eigenvalue weighted by atomic mass is 10.4. The lowest BCUT2D eigenvalue weighted by Gasteiger charge is -2.09. The van der Waals surface area contributed by atoms with Crippen molar-refractivity contribution in [3.8, 4) is 0 Å². The Morgan fingerprint density at radius 2 is 2.00 bits per heavy atom. The van der Waals surface area contributed by atoms with Crippen molar-refractivity contribution >= 4 is 5.91 Å². The first-order chi connectivity index (χ1) is 3.55. The molecule has 0 aromatic heterocycles. The first-order valence-corrected chi connectivity index (χ1v) is 2.41. The number of hydrogen-bond acceptors (Lipinski definition) is 1. The highest BCUT2D eigenvalue weighted by Gasteiger charge is 2.11. The lowest BCUT2D eigenvalue weighted by Crippen LogP contribution is -2.28. The summed E-state index contributed by atoms with van der Waals surface area (Å²) in [5, 5.41) is 0. The van der Waals surface area contributed by atoms with Crippen molar-refractivity contribution in [3.05, 3.63) is 0 Å². The van der Waals surface area contributed by atoms with Crippen molar-refractivity contribution in [3.63, 3.8) is 0 Å². The fourth-order valence-electron chi connectivity index (χ4n) is 0.356. The molecule has 0 aliphatic rings. The molecule has 0 heterocycles. The molecule has 0 bridgehead atoms. The molecule has 1 unspecified atom stereocenters. The maximum Gasteiger partial charge on any atom is 0.256 e. The predicted octanol–water partition coefficient (Wildman–Crippen LogP) is 0.433. The lowest BCUT2D eigenvalue weighted by molar-refractivity contribution is -0.133. The number of amides is 1. The van der Waals surface area contributed by atoms with Crippen LogP contribution in [0, 0.1) is 0 Å². The van der Waals surface area contributed by atoms with Gasteiger partial charge in [0, 0.05) is 14.1 Å². The van der Waals surface area contributed by atoms with Crippen molar-refractivity contribution < 1.29 is 9.18 Å². The van der Waals surface area contributed by atoms with E-state index in [1.54, 1.807) is 0 Å². The quantitative estimate of drug-likeness (QED) is 0.490. The van der Waals surface area contributed by atoms with Gasteiger partial charge in [0.2, 0.25) is 0 Å². The number of carbonyl (C=O) groups is 1. The Morgan fingerprint density at radius 3 is 2.00 bits per heavy atom. The van der Waals surface area contributed by atoms with Crippen molar-refractivity contribution in [2.75, 3.05) is 14.1 Å². The van der Waals surface area contributed by atoms with Crippen molar-refractivity contribution in [1.29, 1.82) is 0 Å². The first-order valence-electron chi connectivity index (χ1n) is 2.41. The second-order valence-corrected chi connectivity index (χ2v) is 1.85. The van der Waals surface area contributed by atoms with Crippen LogP contribution in [0.4, 0.5) is 4.39 Å². The summed E-state index contributed by atoms with van der Waals surface area (Å²) in [5.41, 5.74) is 0. The molecule has 0 aliphatic heterocycles. The molecule has 2 nitrogen and oxygen atoms in total. The van der Waals surface area contributed by atoms with Gasteiger partial charge in [-0.2, -0.15) is 0 Å². The smallest absolute Gasteiger partial charge is 0.256 e. The molecule has 0 spiro atoms. The Hall–Kier alpha value is -0.600. The highest BCUT2D eigenvalue weighted by Crippen LogP contribution is 1.91. The van der Waals surface area contributed by atoms with Crippen molar-refractivity contribution in [2.24, 2.45) is 0 Å². The van der Waals surface area contributed by atoms with Crippen LogP contribution in [-0.2, 0) is 4.79 Å². The van der Waals surface area contributed by atoms with Crippen LogP contribution in [0.25, 0.3) is 0 Å². The van der Waals surface area contributed by atoms with Crippen molar-refractivity contribution in [1.82, 2.24) is 4.90 Å². The topological polar surface area (TPSA) is 20.3 Å². The Bertz CT molecular complexity index is 80.4. The van der Waals surface area contributed by atoms with Crippen LogP contribution < -0.4 is 0 Å². The Kier molecular flexibility index (Phi) is 2.45. The van der Waals surface area contributed by atoms with E-state index in [1.807, 2.05) is 0 Å². The van der Waals surface area contributed by atoms with Gasteiger partial charge in [0.15, 0.2) is 6.17 Å². The van der Waals surface area contributed by atoms with Gasteiger partial charge in [0.05, 0.1) is 0 Å². The molecule has 1 atom stereocenters. The molecule has 0 rings (SSSR count). The summed E-state index contributed by atoms with van der Waals surface area (Å²) in [6, 6.07) is 0. The van der Waals surface area contributed by atoms with E-state index in [4.69, 9.17) is 0 Å². The standard InChI is InChI=1S/C5H10FNO/c1-4(6)5(8)7(2)3/h4H,1-3H3. The SMILES string of the molecule is CC(F)C(=O)N(C)C. The fraction of sp³-hybridized carbons (Fsp3) is 0.800. The van der Waals surface area contributed by atoms with E-state index in [9.17, 15) is 9.18 Å². The largest absolute Gasteiger partial charge is 0.346 e. The zero-order chi connectivity index (χ0) is 6.73. The second kappa shape index (κ2) is 2.64. The van der Waals surface area contributed by atoms with E-state index < -0.39 is 12.1 Å². The number of hydrogen-bond donors (Lipinski definition) is 0. The molecule has 0 radical (unpaired) electrons. The van der Waals surface area contributed by atoms with E-state index in [-0.39, 0.29) is 0 Å². The Balaban J connectivity index is 3.65. The molecule has 0 aromatic rings. The van der Waals surface area contributed by atoms with Crippen LogP contribution in [0.15, 0.2) is 0 Å². The van der Waals surface area contributed by atoms with Gasteiger partial charge >= 0.3 is 0 Å². The van der Waals surface area contributed by atoms with Crippen LogP contribution in [0.5, 0.6) is 0 Å². The minimum Gasteiger partial charge on any atom is -0.346 e. The number of halogens is 1. The zero-order valence-corrected chi connectivity index (χ0v) is 5.31. The van der Waals surface area contributed by atoms with Gasteiger partial charge in [0.25, 0.3) is 5.91 Å². The van der Waals surface area contributed by atoms with E-state index in [0.29, 0.717) is 0 Å². The predicted molar refractivity (Wildman–Crippen MR) is 29.3 cm³/mol. The molecule has 0 saturated carbocycles. The Morgan fingerprint density at radius 1 is 1.62 bits per heavy atom. The zero-order valence-electron chi connectivity index (χ0n) is 5.31. The Labute approximate surface area is 48.3 Å². The third-order valence-electron chi connectivity index (χ3n) is 0.781. The summed E-state index contributed by atoms with van der Waals surface area (Å²) in [7, 11) is 3.05. The molecule has 0 aromatic carbocycles. The minimum absolute atomic E-state index is 0.481. The summed E-state index contributed by atoms with van der Waals surface area (Å²) in [5.74, 6) is -0.481. The number of carbonyl (C=O) groups excluding carboxylic acids is 1. The summed E-state index contributed by atoms with van der Waals surface area (Å²) in [6.45, 7) is 1.22. The van der Waals surface area contributed by atoms with Gasteiger partial charge in [0.1, 0.15) is 0 Å². The highest BCUT2D eigenvalue weighted by molar-refractivity contribution is 5.79. The van der Waals surface area contributed by atoms with E-state index in [1.165, 1.54) is 25.9 Å². The number of alkyl halides is 1. The highest BCUT2D eigenvalue weighted by atomic mass is 19.1. The van der Waals surface area contributed by atoms with Gasteiger partial charge in [-0.3, -0.25) is 4.79 Å². The molecule has 0 aliphatic carbocycles. The van der Waals surface area contributed by atoms with Gasteiger partial charge in [-0.1, -0.05) is 0 Å². The fourth-order valence-corrected chi connectivity index (χ4v) is 0.356. The molecule has 3 heteroatoms. The van der Waals surface area contributed by atoms with Crippen LogP contribution in [0.3, 0.4) is 0 Å². The molecule has 0 N–H and O–H groups in total. The molecule has 8 heavy (non-hydrogen) atoms. The van der Waals surface area contributed by atoms with E-state index in [0.717, 1.165) is 0 Å². The molecular weight excluding hydrogens is 109 g/mol. The molecule has 0 fully saturated rings. The first kappa shape index (κ1) is 7.40. The van der Waals surface area contributed by atoms with Crippen LogP contribution in [0.2, 0.25) is 0 Å². The van der Waals surface area contributed by atoms with E-state index >= 15 is 0 Å². The van der Waals surface area contributed by atoms with Crippen molar-refractivity contribution in [2.45, 2.75) is 13.1 Å². The number of nitrogens with zero attached hydrogens (tertiary/aromatic N) is 1. The third-order valence-corrected chi connectivity index (χ3v) is 0.781. The average molecular weight is 119 g/mol. The minimum atomic E-state index is -1.37. The summed E-state index contributed by atoms with van der Waals surface area (Å²) in [4.78, 5) is 11.6. The van der Waals surface area contributed by atoms with Gasteiger partial charge < -0.3 is 4.90 Å². The second-order valence-electron chi connectivity index (χ2n) is 1.85. The average Bonchev–Trinajstić information content (AvgIpc) is 1.64. The third kappa shape index (κ3) is 1.91. The molecular formula is C5H10FNO. The molecule has 0 saturated heterocycles. The molecule has 1 amide bonds. The van der Waals surface area contributed by atoms with Crippen LogP contribution in [0.1, 0.15) is 6.92 Å². The maximum atomic E-state index is 12.0. The van der Waals surface area contributed by atoms with Gasteiger partial charge in [-0.15, -0.1) is 0 Å². The monoisotopic (exact) mass is 119 g/mol. The van der Waals surface area contributed by atoms with E-state index in [2.05, 4.69) is 0 Å². The maximum absolute atomic E-state index is 12.0. The van der Waals surface area contributed by atoms with Gasteiger partial charge in [-0.05, 0) is 6.92 Å². The van der Waals surface area contributed by atoms with Crippen LogP contribution >= 0.6 is 0 Å². The summed E-state index contributed by atoms with van der Waals surface area (Å²) < 4.78 is 12.0. The summed E-state index contributed by atoms with van der Waals surface area (Å²) in [6.07, 6.45) is -1.37. The summed E-state index contributed by atoms with van der Waals surface area (Å²) >= 11 is 0. The number of rotatable bonds is 1. The van der Waals surface area contributed by atoms with Crippen LogP contribution in [-0.4, -0.2) is 31.1 Å². The molecule has 48 valence electrons.